The Morgan fingerprint density at radius 1 is 0.944 bits per heavy atom. The van der Waals surface area contributed by atoms with Gasteiger partial charge in [-0.2, -0.15) is 0 Å². The highest BCUT2D eigenvalue weighted by atomic mass is 16.5. The van der Waals surface area contributed by atoms with E-state index in [0.717, 1.165) is 23.2 Å². The molecule has 0 heterocycles. The van der Waals surface area contributed by atoms with Crippen molar-refractivity contribution >= 4 is 18.1 Å². The van der Waals surface area contributed by atoms with E-state index in [4.69, 9.17) is 4.74 Å². The van der Waals surface area contributed by atoms with Crippen molar-refractivity contribution in [3.63, 3.8) is 0 Å². The normalized spacial score (nSPS) is 11.1. The van der Waals surface area contributed by atoms with Crippen molar-refractivity contribution < 1.29 is 9.53 Å². The number of rotatable bonds is 4. The molecule has 2 heteroatoms. The Hall–Kier alpha value is -2.35. The second-order valence-electron chi connectivity index (χ2n) is 3.86. The summed E-state index contributed by atoms with van der Waals surface area (Å²) in [5.41, 5.74) is 2.69. The van der Waals surface area contributed by atoms with Gasteiger partial charge in [0, 0.05) is 11.1 Å². The Morgan fingerprint density at radius 2 is 1.61 bits per heavy atom. The molecule has 0 amide bonds. The minimum atomic E-state index is 0.661. The Bertz CT molecular complexity index is 539. The summed E-state index contributed by atoms with van der Waals surface area (Å²) in [6.07, 6.45) is 2.80. The smallest absolute Gasteiger partial charge is 0.150 e. The summed E-state index contributed by atoms with van der Waals surface area (Å²) in [4.78, 5) is 10.6. The van der Waals surface area contributed by atoms with Crippen molar-refractivity contribution in [2.24, 2.45) is 0 Å². The number of carbonyl (C=O) groups is 1. The van der Waals surface area contributed by atoms with Crippen LogP contribution in [-0.4, -0.2) is 13.4 Å². The van der Waals surface area contributed by atoms with E-state index < -0.39 is 0 Å². The lowest BCUT2D eigenvalue weighted by atomic mass is 10.1. The van der Waals surface area contributed by atoms with E-state index in [1.165, 1.54) is 0 Å². The number of ether oxygens (including phenoxy) is 1. The maximum atomic E-state index is 10.6. The van der Waals surface area contributed by atoms with Crippen molar-refractivity contribution in [3.05, 3.63) is 71.3 Å². The molecule has 2 nitrogen and oxygen atoms in total. The molecule has 2 aromatic carbocycles. The number of carbonyl (C=O) groups excluding carboxylic acids is 1. The average molecular weight is 238 g/mol. The number of aldehydes is 1. The lowest BCUT2D eigenvalue weighted by molar-refractivity contribution is 0.112. The van der Waals surface area contributed by atoms with Crippen LogP contribution in [0.15, 0.2) is 54.6 Å². The molecule has 0 saturated heterocycles. The summed E-state index contributed by atoms with van der Waals surface area (Å²) in [7, 11) is 1.64. The van der Waals surface area contributed by atoms with Crippen LogP contribution in [0.1, 0.15) is 21.5 Å². The van der Waals surface area contributed by atoms with Gasteiger partial charge in [0.2, 0.25) is 0 Å². The second-order valence-corrected chi connectivity index (χ2v) is 3.86. The van der Waals surface area contributed by atoms with Gasteiger partial charge in [-0.05, 0) is 11.6 Å². The molecule has 18 heavy (non-hydrogen) atoms. The maximum Gasteiger partial charge on any atom is 0.150 e. The first kappa shape index (κ1) is 12.1. The lowest BCUT2D eigenvalue weighted by Crippen LogP contribution is -1.88. The van der Waals surface area contributed by atoms with E-state index >= 15 is 0 Å². The summed E-state index contributed by atoms with van der Waals surface area (Å²) in [5.74, 6) is 0.777. The van der Waals surface area contributed by atoms with E-state index in [-0.39, 0.29) is 0 Å². The summed E-state index contributed by atoms with van der Waals surface area (Å²) in [5, 5.41) is 0. The van der Waals surface area contributed by atoms with Gasteiger partial charge < -0.3 is 4.74 Å². The molecule has 2 rings (SSSR count). The molecule has 0 N–H and O–H groups in total. The zero-order valence-corrected chi connectivity index (χ0v) is 10.2. The molecule has 0 aliphatic rings. The zero-order valence-electron chi connectivity index (χ0n) is 10.2. The summed E-state index contributed by atoms with van der Waals surface area (Å²) < 4.78 is 5.39. The fourth-order valence-corrected chi connectivity index (χ4v) is 1.69. The van der Waals surface area contributed by atoms with Crippen LogP contribution < -0.4 is 0 Å². The minimum Gasteiger partial charge on any atom is -0.496 e. The molecule has 0 unspecified atom stereocenters. The van der Waals surface area contributed by atoms with Crippen molar-refractivity contribution in [2.75, 3.05) is 7.11 Å². The van der Waals surface area contributed by atoms with E-state index in [2.05, 4.69) is 0 Å². The molecular formula is C16H14O2. The van der Waals surface area contributed by atoms with E-state index in [0.29, 0.717) is 5.56 Å². The van der Waals surface area contributed by atoms with Gasteiger partial charge in [0.15, 0.2) is 0 Å². The number of hydrogen-bond acceptors (Lipinski definition) is 2. The molecule has 0 aliphatic heterocycles. The zero-order chi connectivity index (χ0) is 12.8. The molecule has 0 spiro atoms. The molecule has 0 aromatic heterocycles. The molecule has 0 atom stereocenters. The Morgan fingerprint density at radius 3 is 2.17 bits per heavy atom. The largest absolute Gasteiger partial charge is 0.496 e. The fraction of sp³-hybridized carbons (Fsp3) is 0.0625. The predicted molar refractivity (Wildman–Crippen MR) is 73.2 cm³/mol. The highest BCUT2D eigenvalue weighted by Crippen LogP contribution is 2.19. The van der Waals surface area contributed by atoms with Crippen LogP contribution in [-0.2, 0) is 4.74 Å². The third-order valence-electron chi connectivity index (χ3n) is 2.65. The third kappa shape index (κ3) is 2.86. The molecule has 2 aromatic rings. The monoisotopic (exact) mass is 238 g/mol. The second kappa shape index (κ2) is 5.82. The van der Waals surface area contributed by atoms with Crippen molar-refractivity contribution in [1.82, 2.24) is 0 Å². The first-order valence-corrected chi connectivity index (χ1v) is 5.70. The van der Waals surface area contributed by atoms with E-state index in [1.807, 2.05) is 48.5 Å². The quantitative estimate of drug-likeness (QED) is 0.462. The Kier molecular flexibility index (Phi) is 3.92. The minimum absolute atomic E-state index is 0.661. The van der Waals surface area contributed by atoms with Crippen LogP contribution in [0.4, 0.5) is 0 Å². The van der Waals surface area contributed by atoms with E-state index in [1.54, 1.807) is 19.2 Å². The standard InChI is InChI=1S/C16H14O2/c1-18-16(11-13-5-3-2-4-6-13)15-9-7-14(12-17)8-10-15/h2-12H,1H3/b16-11+. The van der Waals surface area contributed by atoms with Crippen LogP contribution in [0.3, 0.4) is 0 Å². The fourth-order valence-electron chi connectivity index (χ4n) is 1.69. The lowest BCUT2D eigenvalue weighted by Gasteiger charge is -2.06. The SMILES string of the molecule is CO/C(=C/c1ccccc1)c1ccc(C=O)cc1. The maximum absolute atomic E-state index is 10.6. The molecule has 90 valence electrons. The van der Waals surface area contributed by atoms with Gasteiger partial charge in [-0.25, -0.2) is 0 Å². The first-order valence-electron chi connectivity index (χ1n) is 5.70. The molecule has 0 radical (unpaired) electrons. The molecule has 0 aliphatic carbocycles. The number of methoxy groups -OCH3 is 1. The van der Waals surface area contributed by atoms with Crippen LogP contribution in [0, 0.1) is 0 Å². The highest BCUT2D eigenvalue weighted by Gasteiger charge is 2.01. The molecule has 0 bridgehead atoms. The third-order valence-corrected chi connectivity index (χ3v) is 2.65. The summed E-state index contributed by atoms with van der Waals surface area (Å²) in [6, 6.07) is 17.3. The van der Waals surface area contributed by atoms with Gasteiger partial charge in [0.25, 0.3) is 0 Å². The van der Waals surface area contributed by atoms with Gasteiger partial charge in [-0.15, -0.1) is 0 Å². The molecule has 0 fully saturated rings. The van der Waals surface area contributed by atoms with Gasteiger partial charge in [0.05, 0.1) is 7.11 Å². The van der Waals surface area contributed by atoms with Crippen LogP contribution in [0.2, 0.25) is 0 Å². The van der Waals surface area contributed by atoms with Crippen LogP contribution >= 0.6 is 0 Å². The first-order chi connectivity index (χ1) is 8.83. The van der Waals surface area contributed by atoms with Gasteiger partial charge in [0.1, 0.15) is 12.0 Å². The van der Waals surface area contributed by atoms with Gasteiger partial charge >= 0.3 is 0 Å². The van der Waals surface area contributed by atoms with Crippen molar-refractivity contribution in [2.45, 2.75) is 0 Å². The van der Waals surface area contributed by atoms with Gasteiger partial charge in [-0.3, -0.25) is 4.79 Å². The predicted octanol–water partition coefficient (Wildman–Crippen LogP) is 3.64. The summed E-state index contributed by atoms with van der Waals surface area (Å²) >= 11 is 0. The van der Waals surface area contributed by atoms with Crippen molar-refractivity contribution in [3.8, 4) is 0 Å². The number of hydrogen-bond donors (Lipinski definition) is 0. The number of benzene rings is 2. The Balaban J connectivity index is 2.33. The molecule has 0 saturated carbocycles. The summed E-state index contributed by atoms with van der Waals surface area (Å²) in [6.45, 7) is 0. The highest BCUT2D eigenvalue weighted by molar-refractivity contribution is 5.80. The van der Waals surface area contributed by atoms with E-state index in [9.17, 15) is 4.79 Å². The van der Waals surface area contributed by atoms with Crippen molar-refractivity contribution in [1.29, 1.82) is 0 Å². The molecular weight excluding hydrogens is 224 g/mol. The Labute approximate surface area is 107 Å². The topological polar surface area (TPSA) is 26.3 Å². The average Bonchev–Trinajstić information content (AvgIpc) is 2.46. The van der Waals surface area contributed by atoms with Gasteiger partial charge in [-0.1, -0.05) is 54.6 Å². The van der Waals surface area contributed by atoms with Crippen LogP contribution in [0.25, 0.3) is 11.8 Å². The van der Waals surface area contributed by atoms with Crippen LogP contribution in [0.5, 0.6) is 0 Å².